The predicted octanol–water partition coefficient (Wildman–Crippen LogP) is 18.0. The number of carbonyl (C=O) groups excluding carboxylic acids is 1. The molecule has 0 aromatic rings. The minimum Gasteiger partial charge on any atom is -0.394 e. The first-order chi connectivity index (χ1) is 53.8. The Labute approximate surface area is 670 Å². The maximum Gasteiger partial charge on any atom is 0.220 e. The molecule has 0 aliphatic carbocycles. The third-order valence-electron chi connectivity index (χ3n) is 23.5. The Kier molecular flexibility index (Phi) is 66.5. The molecule has 0 spiro atoms. The van der Waals surface area contributed by atoms with E-state index in [2.05, 4.69) is 31.3 Å². The van der Waals surface area contributed by atoms with Gasteiger partial charge in [-0.2, -0.15) is 0 Å². The molecule has 3 fully saturated rings. The highest BCUT2D eigenvalue weighted by molar-refractivity contribution is 5.76. The van der Waals surface area contributed by atoms with Crippen LogP contribution in [0.2, 0.25) is 0 Å². The maximum absolute atomic E-state index is 13.5. The zero-order chi connectivity index (χ0) is 79.5. The van der Waals surface area contributed by atoms with Crippen molar-refractivity contribution in [3.05, 3.63) is 24.3 Å². The maximum atomic E-state index is 13.5. The third kappa shape index (κ3) is 49.5. The van der Waals surface area contributed by atoms with Gasteiger partial charge in [-0.3, -0.25) is 4.79 Å². The van der Waals surface area contributed by atoms with Crippen LogP contribution in [0.1, 0.15) is 418 Å². The summed E-state index contributed by atoms with van der Waals surface area (Å²) in [6, 6.07) is -0.989. The van der Waals surface area contributed by atoms with Crippen LogP contribution in [-0.4, -0.2) is 193 Å². The molecule has 0 saturated carbocycles. The summed E-state index contributed by atoms with van der Waals surface area (Å²) >= 11 is 0. The van der Waals surface area contributed by atoms with Crippen molar-refractivity contribution in [2.75, 3.05) is 26.4 Å². The number of unbranched alkanes of at least 4 members (excludes halogenated alkanes) is 59. The van der Waals surface area contributed by atoms with E-state index in [1.807, 2.05) is 6.08 Å². The van der Waals surface area contributed by atoms with Crippen molar-refractivity contribution in [1.82, 2.24) is 5.32 Å². The lowest BCUT2D eigenvalue weighted by atomic mass is 9.96. The summed E-state index contributed by atoms with van der Waals surface area (Å²) in [5.74, 6) is -0.275. The number of aliphatic hydroxyl groups excluding tert-OH is 11. The van der Waals surface area contributed by atoms with E-state index < -0.39 is 124 Å². The molecule has 3 aliphatic heterocycles. The van der Waals surface area contributed by atoms with Crippen LogP contribution in [0.3, 0.4) is 0 Å². The molecule has 0 aromatic heterocycles. The molecule has 17 unspecified atom stereocenters. The number of amides is 1. The molecule has 19 heteroatoms. The summed E-state index contributed by atoms with van der Waals surface area (Å²) in [5.41, 5.74) is 0. The fraction of sp³-hybridized carbons (Fsp3) is 0.945. The highest BCUT2D eigenvalue weighted by Crippen LogP contribution is 2.34. The van der Waals surface area contributed by atoms with Crippen LogP contribution in [0.4, 0.5) is 0 Å². The van der Waals surface area contributed by atoms with Crippen molar-refractivity contribution in [1.29, 1.82) is 0 Å². The Morgan fingerprint density at radius 1 is 0.318 bits per heavy atom. The van der Waals surface area contributed by atoms with E-state index in [9.17, 15) is 61.0 Å². The number of nitrogens with one attached hydrogen (secondary N) is 1. The Morgan fingerprint density at radius 3 is 0.909 bits per heavy atom. The molecular weight excluding hydrogens is 1390 g/mol. The van der Waals surface area contributed by atoms with Crippen molar-refractivity contribution in [3.63, 3.8) is 0 Å². The first-order valence-electron chi connectivity index (χ1n) is 46.6. The van der Waals surface area contributed by atoms with Crippen molar-refractivity contribution in [3.8, 4) is 0 Å². The first kappa shape index (κ1) is 102. The van der Waals surface area contributed by atoms with Crippen molar-refractivity contribution < 1.29 is 89.4 Å². The fourth-order valence-electron chi connectivity index (χ4n) is 16.1. The Hall–Kier alpha value is -1.73. The Morgan fingerprint density at radius 2 is 0.582 bits per heavy atom. The zero-order valence-corrected chi connectivity index (χ0v) is 70.3. The highest BCUT2D eigenvalue weighted by atomic mass is 16.8. The van der Waals surface area contributed by atoms with Gasteiger partial charge in [-0.25, -0.2) is 0 Å². The van der Waals surface area contributed by atoms with Gasteiger partial charge in [0, 0.05) is 6.42 Å². The largest absolute Gasteiger partial charge is 0.394 e. The highest BCUT2D eigenvalue weighted by Gasteiger charge is 2.54. The monoisotopic (exact) mass is 1570 g/mol. The quantitative estimate of drug-likeness (QED) is 0.0199. The number of carbonyl (C=O) groups is 1. The molecule has 19 nitrogen and oxygen atoms in total. The molecule has 12 N–H and O–H groups in total. The number of aliphatic hydroxyl groups is 11. The summed E-state index contributed by atoms with van der Waals surface area (Å²) in [6.45, 7) is 1.80. The van der Waals surface area contributed by atoms with Crippen LogP contribution < -0.4 is 5.32 Å². The second-order valence-electron chi connectivity index (χ2n) is 33.5. The van der Waals surface area contributed by atoms with Gasteiger partial charge in [-0.05, 0) is 32.1 Å². The van der Waals surface area contributed by atoms with Gasteiger partial charge in [0.15, 0.2) is 18.9 Å². The van der Waals surface area contributed by atoms with Crippen molar-refractivity contribution >= 4 is 5.91 Å². The summed E-state index contributed by atoms with van der Waals surface area (Å²) in [4.78, 5) is 13.5. The average molecular weight is 1570 g/mol. The number of rotatable bonds is 77. The lowest BCUT2D eigenvalue weighted by Crippen LogP contribution is -2.66. The summed E-state index contributed by atoms with van der Waals surface area (Å²) in [5, 5.41) is 121. The van der Waals surface area contributed by atoms with E-state index in [-0.39, 0.29) is 18.9 Å². The molecular formula is C91H173NO18. The Balaban J connectivity index is 1.31. The fourth-order valence-corrected chi connectivity index (χ4v) is 16.1. The zero-order valence-electron chi connectivity index (χ0n) is 70.3. The molecule has 650 valence electrons. The third-order valence-corrected chi connectivity index (χ3v) is 23.5. The van der Waals surface area contributed by atoms with Crippen LogP contribution in [0, 0.1) is 0 Å². The summed E-state index contributed by atoms with van der Waals surface area (Å²) in [6.07, 6.45) is 63.6. The lowest BCUT2D eigenvalue weighted by Gasteiger charge is -2.48. The molecule has 3 rings (SSSR count). The number of ether oxygens (including phenoxy) is 6. The van der Waals surface area contributed by atoms with Gasteiger partial charge >= 0.3 is 0 Å². The van der Waals surface area contributed by atoms with E-state index in [1.165, 1.54) is 347 Å². The van der Waals surface area contributed by atoms with Gasteiger partial charge < -0.3 is 89.9 Å². The van der Waals surface area contributed by atoms with Crippen LogP contribution in [-0.2, 0) is 33.2 Å². The van der Waals surface area contributed by atoms with Crippen molar-refractivity contribution in [2.45, 2.75) is 523 Å². The normalized spacial score (nSPS) is 25.2. The molecule has 0 aromatic carbocycles. The lowest BCUT2D eigenvalue weighted by molar-refractivity contribution is -0.379. The number of allylic oxidation sites excluding steroid dienone is 3. The molecule has 0 radical (unpaired) electrons. The predicted molar refractivity (Wildman–Crippen MR) is 443 cm³/mol. The summed E-state index contributed by atoms with van der Waals surface area (Å²) < 4.78 is 34.5. The van der Waals surface area contributed by atoms with Gasteiger partial charge in [0.25, 0.3) is 0 Å². The second-order valence-corrected chi connectivity index (χ2v) is 33.5. The van der Waals surface area contributed by atoms with E-state index in [1.54, 1.807) is 6.08 Å². The number of hydrogen-bond donors (Lipinski definition) is 12. The van der Waals surface area contributed by atoms with Crippen LogP contribution in [0.25, 0.3) is 0 Å². The molecule has 3 saturated heterocycles. The van der Waals surface area contributed by atoms with Gasteiger partial charge in [-0.1, -0.05) is 404 Å². The average Bonchev–Trinajstić information content (AvgIpc) is 0.777. The van der Waals surface area contributed by atoms with Crippen LogP contribution in [0.5, 0.6) is 0 Å². The van der Waals surface area contributed by atoms with Crippen LogP contribution in [0.15, 0.2) is 24.3 Å². The van der Waals surface area contributed by atoms with Gasteiger partial charge in [0.1, 0.15) is 73.2 Å². The SMILES string of the molecule is CCCCCCCCCCCCCCCCCCCCCCCC/C=C/CC/C=C/C(O)C(COC1OC(CO)C(OC2OC(CO)C(OC3OC(CO)C(O)C(O)C3O)C(O)C2O)C(O)C1O)NC(=O)CCCCCCCCCCCCCCCCCCCCCCCCCCCCCCCCCCCCCCC. The second kappa shape index (κ2) is 71.4. The van der Waals surface area contributed by atoms with Gasteiger partial charge in [0.05, 0.1) is 38.6 Å². The standard InChI is InChI=1S/C91H173NO18/c1-3-5-7-9-11-13-15-17-19-21-23-25-27-29-31-33-34-35-36-37-38-39-40-41-43-45-47-49-51-53-55-57-59-61-63-65-67-69-79(97)92-74(75(96)68-66-64-62-60-58-56-54-52-50-48-46-44-42-32-30-28-26-24-22-20-18-16-14-12-10-8-6-4-2)73-105-89-85(103)82(100)87(77(71-94)107-89)110-91-86(104)83(101)88(78(72-95)108-91)109-90-84(102)81(99)80(98)76(70-93)106-90/h58,60,66,68,74-78,80-91,93-96,98-104H,3-57,59,61-65,67,69-73H2,1-2H3,(H,92,97)/b60-58+,68-66+. The van der Waals surface area contributed by atoms with Crippen molar-refractivity contribution in [2.24, 2.45) is 0 Å². The van der Waals surface area contributed by atoms with Gasteiger partial charge in [-0.15, -0.1) is 0 Å². The topological polar surface area (TPSA) is 307 Å². The van der Waals surface area contributed by atoms with E-state index in [0.717, 1.165) is 38.5 Å². The van der Waals surface area contributed by atoms with E-state index >= 15 is 0 Å². The molecule has 3 heterocycles. The van der Waals surface area contributed by atoms with E-state index in [0.29, 0.717) is 12.8 Å². The first-order valence-corrected chi connectivity index (χ1v) is 46.6. The van der Waals surface area contributed by atoms with Crippen LogP contribution >= 0.6 is 0 Å². The molecule has 1 amide bonds. The molecule has 0 bridgehead atoms. The van der Waals surface area contributed by atoms with Gasteiger partial charge in [0.2, 0.25) is 5.91 Å². The summed E-state index contributed by atoms with van der Waals surface area (Å²) in [7, 11) is 0. The molecule has 3 aliphatic rings. The van der Waals surface area contributed by atoms with E-state index in [4.69, 9.17) is 28.4 Å². The molecule has 17 atom stereocenters. The smallest absolute Gasteiger partial charge is 0.220 e. The number of hydrogen-bond acceptors (Lipinski definition) is 18. The Bertz CT molecular complexity index is 2070. The molecule has 110 heavy (non-hydrogen) atoms. The minimum absolute atomic E-state index is 0.241. The minimum atomic E-state index is -1.98.